The van der Waals surface area contributed by atoms with E-state index in [9.17, 15) is 4.79 Å². The lowest BCUT2D eigenvalue weighted by molar-refractivity contribution is -0.117. The molecule has 0 fully saturated rings. The minimum absolute atomic E-state index is 0.189. The van der Waals surface area contributed by atoms with Crippen LogP contribution >= 0.6 is 23.2 Å². The van der Waals surface area contributed by atoms with Crippen molar-refractivity contribution in [1.29, 1.82) is 0 Å². The number of hydrogen-bond acceptors (Lipinski definition) is 4. The van der Waals surface area contributed by atoms with Gasteiger partial charge in [-0.05, 0) is 61.0 Å². The average molecular weight is 479 g/mol. The van der Waals surface area contributed by atoms with Crippen LogP contribution in [0.2, 0.25) is 10.0 Å². The SMILES string of the molecule is [C-]#[N+]c1ccc(Nc2n[nH]c3ccc(NC(=O)C(CCN)c4ccc(Cl)c(Cl)c4)cc23)cc1. The third-order valence-electron chi connectivity index (χ3n) is 5.21. The van der Waals surface area contributed by atoms with E-state index in [0.717, 1.165) is 22.2 Å². The summed E-state index contributed by atoms with van der Waals surface area (Å²) in [7, 11) is 0. The van der Waals surface area contributed by atoms with Gasteiger partial charge in [-0.15, -0.1) is 0 Å². The van der Waals surface area contributed by atoms with Crippen molar-refractivity contribution in [3.05, 3.63) is 87.7 Å². The molecule has 7 nitrogen and oxygen atoms in total. The van der Waals surface area contributed by atoms with Crippen LogP contribution < -0.4 is 16.4 Å². The molecule has 1 unspecified atom stereocenters. The van der Waals surface area contributed by atoms with E-state index in [1.165, 1.54) is 0 Å². The highest BCUT2D eigenvalue weighted by Crippen LogP contribution is 2.31. The number of hydrogen-bond donors (Lipinski definition) is 4. The number of carbonyl (C=O) groups excluding carboxylic acids is 1. The number of fused-ring (bicyclic) bond motifs is 1. The number of amides is 1. The van der Waals surface area contributed by atoms with Gasteiger partial charge < -0.3 is 16.4 Å². The smallest absolute Gasteiger partial charge is 0.231 e. The lowest BCUT2D eigenvalue weighted by Gasteiger charge is -2.17. The van der Waals surface area contributed by atoms with Crippen LogP contribution in [-0.4, -0.2) is 22.6 Å². The maximum atomic E-state index is 13.1. The molecule has 4 aromatic rings. The Morgan fingerprint density at radius 2 is 1.82 bits per heavy atom. The van der Waals surface area contributed by atoms with Gasteiger partial charge in [-0.2, -0.15) is 5.10 Å². The van der Waals surface area contributed by atoms with Crippen LogP contribution in [0.1, 0.15) is 17.9 Å². The number of aromatic amines is 1. The molecule has 1 aromatic heterocycles. The monoisotopic (exact) mass is 478 g/mol. The van der Waals surface area contributed by atoms with Gasteiger partial charge in [0.2, 0.25) is 5.91 Å². The number of nitrogens with one attached hydrogen (secondary N) is 3. The van der Waals surface area contributed by atoms with Crippen molar-refractivity contribution < 1.29 is 4.79 Å². The molecule has 5 N–H and O–H groups in total. The highest BCUT2D eigenvalue weighted by molar-refractivity contribution is 6.42. The number of H-pyrrole nitrogens is 1. The third-order valence-corrected chi connectivity index (χ3v) is 5.95. The van der Waals surface area contributed by atoms with Gasteiger partial charge in [-0.3, -0.25) is 9.89 Å². The van der Waals surface area contributed by atoms with Crippen LogP contribution in [0.25, 0.3) is 15.7 Å². The number of rotatable bonds is 7. The minimum atomic E-state index is -0.469. The average Bonchev–Trinajstić information content (AvgIpc) is 3.21. The van der Waals surface area contributed by atoms with Crippen molar-refractivity contribution in [3.8, 4) is 0 Å². The Bertz CT molecular complexity index is 1340. The molecule has 0 spiro atoms. The molecule has 0 saturated carbocycles. The van der Waals surface area contributed by atoms with Crippen molar-refractivity contribution >= 4 is 62.9 Å². The zero-order valence-corrected chi connectivity index (χ0v) is 18.9. The summed E-state index contributed by atoms with van der Waals surface area (Å²) in [6, 6.07) is 17.8. The molecular weight excluding hydrogens is 459 g/mol. The molecule has 4 rings (SSSR count). The third kappa shape index (κ3) is 5.10. The Labute approximate surface area is 200 Å². The molecule has 1 heterocycles. The summed E-state index contributed by atoms with van der Waals surface area (Å²) in [5.74, 6) is -0.0473. The van der Waals surface area contributed by atoms with Crippen LogP contribution in [0.5, 0.6) is 0 Å². The Morgan fingerprint density at radius 1 is 1.06 bits per heavy atom. The summed E-state index contributed by atoms with van der Waals surface area (Å²) in [5.41, 5.74) is 9.32. The molecule has 0 saturated heterocycles. The fourth-order valence-electron chi connectivity index (χ4n) is 3.52. The zero-order valence-electron chi connectivity index (χ0n) is 17.4. The Morgan fingerprint density at radius 3 is 2.52 bits per heavy atom. The topological polar surface area (TPSA) is 100 Å². The van der Waals surface area contributed by atoms with E-state index >= 15 is 0 Å². The highest BCUT2D eigenvalue weighted by atomic mass is 35.5. The number of anilines is 3. The van der Waals surface area contributed by atoms with Gasteiger partial charge >= 0.3 is 0 Å². The maximum Gasteiger partial charge on any atom is 0.231 e. The number of carbonyl (C=O) groups is 1. The van der Waals surface area contributed by atoms with Gasteiger partial charge in [0.1, 0.15) is 0 Å². The minimum Gasteiger partial charge on any atom is -0.338 e. The van der Waals surface area contributed by atoms with Crippen molar-refractivity contribution in [2.75, 3.05) is 17.2 Å². The first kappa shape index (κ1) is 22.6. The molecule has 0 aliphatic rings. The van der Waals surface area contributed by atoms with E-state index in [1.54, 1.807) is 36.4 Å². The maximum absolute atomic E-state index is 13.1. The van der Waals surface area contributed by atoms with Gasteiger partial charge in [-0.1, -0.05) is 41.4 Å². The number of nitrogens with two attached hydrogens (primary N) is 1. The van der Waals surface area contributed by atoms with E-state index in [0.29, 0.717) is 40.2 Å². The van der Waals surface area contributed by atoms with E-state index in [4.69, 9.17) is 35.5 Å². The first-order valence-electron chi connectivity index (χ1n) is 10.2. The fourth-order valence-corrected chi connectivity index (χ4v) is 3.82. The number of nitrogens with zero attached hydrogens (tertiary/aromatic N) is 2. The molecule has 0 bridgehead atoms. The number of benzene rings is 3. The summed E-state index contributed by atoms with van der Waals surface area (Å²) in [5, 5.41) is 15.2. The Balaban J connectivity index is 1.57. The summed E-state index contributed by atoms with van der Waals surface area (Å²) >= 11 is 12.2. The quantitative estimate of drug-likeness (QED) is 0.236. The second-order valence-electron chi connectivity index (χ2n) is 7.41. The summed E-state index contributed by atoms with van der Waals surface area (Å²) < 4.78 is 0. The predicted octanol–water partition coefficient (Wildman–Crippen LogP) is 6.24. The normalized spacial score (nSPS) is 11.7. The Kier molecular flexibility index (Phi) is 6.80. The first-order chi connectivity index (χ1) is 16.0. The summed E-state index contributed by atoms with van der Waals surface area (Å²) in [6.07, 6.45) is 0.463. The zero-order chi connectivity index (χ0) is 23.4. The van der Waals surface area contributed by atoms with E-state index in [-0.39, 0.29) is 5.91 Å². The van der Waals surface area contributed by atoms with Gasteiger partial charge in [0.25, 0.3) is 0 Å². The van der Waals surface area contributed by atoms with Crippen LogP contribution in [0.4, 0.5) is 22.9 Å². The standard InChI is InChI=1S/C24H20Cl2N6O/c1-28-15-3-5-16(6-4-15)29-23-19-13-17(7-9-22(19)31-32-23)30-24(33)18(10-11-27)14-2-8-20(25)21(26)12-14/h2-9,12-13,18H,10-11,27H2,(H,30,33)(H2,29,31,32). The lowest BCUT2D eigenvalue weighted by Crippen LogP contribution is -2.23. The number of aromatic nitrogens is 2. The molecule has 0 aliphatic heterocycles. The molecule has 0 radical (unpaired) electrons. The lowest BCUT2D eigenvalue weighted by atomic mass is 9.94. The molecule has 3 aromatic carbocycles. The van der Waals surface area contributed by atoms with Gasteiger partial charge in [0, 0.05) is 16.8 Å². The van der Waals surface area contributed by atoms with E-state index < -0.39 is 5.92 Å². The van der Waals surface area contributed by atoms with Crippen molar-refractivity contribution in [2.24, 2.45) is 5.73 Å². The molecule has 1 atom stereocenters. The van der Waals surface area contributed by atoms with Gasteiger partial charge in [0.15, 0.2) is 11.5 Å². The summed E-state index contributed by atoms with van der Waals surface area (Å²) in [4.78, 5) is 16.5. The van der Waals surface area contributed by atoms with Gasteiger partial charge in [-0.25, -0.2) is 4.85 Å². The molecule has 9 heteroatoms. The predicted molar refractivity (Wildman–Crippen MR) is 134 cm³/mol. The Hall–Kier alpha value is -3.57. The molecule has 166 valence electrons. The second-order valence-corrected chi connectivity index (χ2v) is 8.22. The van der Waals surface area contributed by atoms with Gasteiger partial charge in [0.05, 0.1) is 28.1 Å². The van der Waals surface area contributed by atoms with Crippen LogP contribution in [0.15, 0.2) is 60.7 Å². The molecule has 33 heavy (non-hydrogen) atoms. The molecule has 1 amide bonds. The molecular formula is C24H20Cl2N6O. The van der Waals surface area contributed by atoms with E-state index in [2.05, 4.69) is 25.7 Å². The van der Waals surface area contributed by atoms with Crippen molar-refractivity contribution in [3.63, 3.8) is 0 Å². The van der Waals surface area contributed by atoms with Crippen molar-refractivity contribution in [2.45, 2.75) is 12.3 Å². The summed E-state index contributed by atoms with van der Waals surface area (Å²) in [6.45, 7) is 7.41. The van der Waals surface area contributed by atoms with Crippen molar-refractivity contribution in [1.82, 2.24) is 10.2 Å². The second kappa shape index (κ2) is 9.92. The van der Waals surface area contributed by atoms with Crippen LogP contribution in [0.3, 0.4) is 0 Å². The fraction of sp³-hybridized carbons (Fsp3) is 0.125. The first-order valence-corrected chi connectivity index (χ1v) is 10.9. The number of halogens is 2. The highest BCUT2D eigenvalue weighted by Gasteiger charge is 2.21. The van der Waals surface area contributed by atoms with Crippen LogP contribution in [0, 0.1) is 6.57 Å². The van der Waals surface area contributed by atoms with E-state index in [1.807, 2.05) is 24.3 Å². The largest absolute Gasteiger partial charge is 0.338 e. The van der Waals surface area contributed by atoms with Crippen LogP contribution in [-0.2, 0) is 4.79 Å². The molecule has 0 aliphatic carbocycles.